The highest BCUT2D eigenvalue weighted by Crippen LogP contribution is 2.33. The number of carbonyl (C=O) groups is 1. The van der Waals surface area contributed by atoms with Gasteiger partial charge in [0, 0.05) is 11.0 Å². The SMILES string of the molecule is CC(C)C(Sc1cc(N)c(F)cc1F)C(=O)OC(C)(C)C. The molecule has 0 amide bonds. The Kier molecular flexibility index (Phi) is 5.61. The van der Waals surface area contributed by atoms with Crippen molar-refractivity contribution in [3.8, 4) is 0 Å². The van der Waals surface area contributed by atoms with E-state index < -0.39 is 28.5 Å². The van der Waals surface area contributed by atoms with Gasteiger partial charge >= 0.3 is 5.97 Å². The molecule has 1 atom stereocenters. The van der Waals surface area contributed by atoms with E-state index in [-0.39, 0.29) is 16.5 Å². The monoisotopic (exact) mass is 317 g/mol. The smallest absolute Gasteiger partial charge is 0.320 e. The summed E-state index contributed by atoms with van der Waals surface area (Å²) in [5.41, 5.74) is 4.68. The second-order valence-electron chi connectivity index (χ2n) is 6.12. The van der Waals surface area contributed by atoms with E-state index in [4.69, 9.17) is 10.5 Å². The van der Waals surface area contributed by atoms with Crippen LogP contribution in [0.1, 0.15) is 34.6 Å². The molecule has 0 aliphatic heterocycles. The summed E-state index contributed by atoms with van der Waals surface area (Å²) in [5, 5.41) is -0.594. The van der Waals surface area contributed by atoms with Crippen molar-refractivity contribution in [3.05, 3.63) is 23.8 Å². The maximum atomic E-state index is 13.8. The molecule has 1 rings (SSSR count). The number of esters is 1. The zero-order chi connectivity index (χ0) is 16.4. The van der Waals surface area contributed by atoms with Gasteiger partial charge in [0.2, 0.25) is 0 Å². The predicted octanol–water partition coefficient (Wildman–Crippen LogP) is 4.01. The third-order valence-electron chi connectivity index (χ3n) is 2.55. The zero-order valence-electron chi connectivity index (χ0n) is 12.9. The van der Waals surface area contributed by atoms with E-state index in [1.54, 1.807) is 20.8 Å². The molecule has 118 valence electrons. The number of benzene rings is 1. The molecular weight excluding hydrogens is 296 g/mol. The molecule has 0 saturated carbocycles. The van der Waals surface area contributed by atoms with Gasteiger partial charge in [-0.1, -0.05) is 13.8 Å². The molecule has 6 heteroatoms. The highest BCUT2D eigenvalue weighted by atomic mass is 32.2. The first-order valence-corrected chi connectivity index (χ1v) is 7.53. The highest BCUT2D eigenvalue weighted by Gasteiger charge is 2.29. The predicted molar refractivity (Wildman–Crippen MR) is 81.1 cm³/mol. The molecule has 0 bridgehead atoms. The summed E-state index contributed by atoms with van der Waals surface area (Å²) in [6.45, 7) is 8.98. The average molecular weight is 317 g/mol. The Morgan fingerprint density at radius 1 is 1.24 bits per heavy atom. The lowest BCUT2D eigenvalue weighted by atomic mass is 10.1. The van der Waals surface area contributed by atoms with Gasteiger partial charge in [-0.2, -0.15) is 0 Å². The van der Waals surface area contributed by atoms with Crippen molar-refractivity contribution in [2.24, 2.45) is 5.92 Å². The van der Waals surface area contributed by atoms with Gasteiger partial charge in [-0.3, -0.25) is 4.79 Å². The minimum absolute atomic E-state index is 0.0736. The lowest BCUT2D eigenvalue weighted by molar-refractivity contribution is -0.154. The molecule has 3 nitrogen and oxygen atoms in total. The lowest BCUT2D eigenvalue weighted by Crippen LogP contribution is -2.33. The highest BCUT2D eigenvalue weighted by molar-refractivity contribution is 8.00. The first-order chi connectivity index (χ1) is 9.51. The Hall–Kier alpha value is -1.30. The first kappa shape index (κ1) is 17.8. The quantitative estimate of drug-likeness (QED) is 0.518. The van der Waals surface area contributed by atoms with E-state index in [1.807, 2.05) is 13.8 Å². The Morgan fingerprint density at radius 2 is 1.81 bits per heavy atom. The van der Waals surface area contributed by atoms with Crippen molar-refractivity contribution < 1.29 is 18.3 Å². The van der Waals surface area contributed by atoms with Crippen LogP contribution in [0, 0.1) is 17.6 Å². The molecule has 0 aliphatic rings. The molecule has 0 heterocycles. The molecular formula is C15H21F2NO2S. The largest absolute Gasteiger partial charge is 0.459 e. The normalized spacial score (nSPS) is 13.3. The van der Waals surface area contributed by atoms with E-state index in [9.17, 15) is 13.6 Å². The van der Waals surface area contributed by atoms with Gasteiger partial charge < -0.3 is 10.5 Å². The van der Waals surface area contributed by atoms with Gasteiger partial charge in [0.15, 0.2) is 0 Å². The fourth-order valence-corrected chi connectivity index (χ4v) is 2.64. The van der Waals surface area contributed by atoms with Crippen LogP contribution in [0.5, 0.6) is 0 Å². The second-order valence-corrected chi connectivity index (χ2v) is 7.30. The molecule has 1 aromatic rings. The van der Waals surface area contributed by atoms with Crippen LogP contribution in [-0.2, 0) is 9.53 Å². The second kappa shape index (κ2) is 6.64. The fraction of sp³-hybridized carbons (Fsp3) is 0.533. The number of carbonyl (C=O) groups excluding carboxylic acids is 1. The Labute approximate surface area is 128 Å². The van der Waals surface area contributed by atoms with Crippen molar-refractivity contribution in [1.82, 2.24) is 0 Å². The zero-order valence-corrected chi connectivity index (χ0v) is 13.7. The summed E-state index contributed by atoms with van der Waals surface area (Å²) in [4.78, 5) is 12.3. The summed E-state index contributed by atoms with van der Waals surface area (Å²) >= 11 is 0.999. The maximum Gasteiger partial charge on any atom is 0.320 e. The van der Waals surface area contributed by atoms with Crippen LogP contribution in [0.3, 0.4) is 0 Å². The number of hydrogen-bond acceptors (Lipinski definition) is 4. The molecule has 2 N–H and O–H groups in total. The Morgan fingerprint density at radius 3 is 2.29 bits per heavy atom. The van der Waals surface area contributed by atoms with Crippen molar-refractivity contribution in [2.45, 2.75) is 50.4 Å². The number of rotatable bonds is 4. The molecule has 0 saturated heterocycles. The minimum Gasteiger partial charge on any atom is -0.459 e. The van der Waals surface area contributed by atoms with Crippen LogP contribution in [0.4, 0.5) is 14.5 Å². The van der Waals surface area contributed by atoms with Gasteiger partial charge in [-0.05, 0) is 32.8 Å². The molecule has 0 aliphatic carbocycles. The molecule has 1 aromatic carbocycles. The number of anilines is 1. The van der Waals surface area contributed by atoms with Crippen LogP contribution in [0.25, 0.3) is 0 Å². The summed E-state index contributed by atoms with van der Waals surface area (Å²) in [5.74, 6) is -2.04. The van der Waals surface area contributed by atoms with E-state index in [0.717, 1.165) is 17.8 Å². The topological polar surface area (TPSA) is 52.3 Å². The number of halogens is 2. The van der Waals surface area contributed by atoms with Crippen molar-refractivity contribution in [1.29, 1.82) is 0 Å². The maximum absolute atomic E-state index is 13.8. The number of hydrogen-bond donors (Lipinski definition) is 1. The van der Waals surface area contributed by atoms with Crippen LogP contribution in [-0.4, -0.2) is 16.8 Å². The first-order valence-electron chi connectivity index (χ1n) is 6.65. The lowest BCUT2D eigenvalue weighted by Gasteiger charge is -2.25. The van der Waals surface area contributed by atoms with E-state index in [0.29, 0.717) is 0 Å². The van der Waals surface area contributed by atoms with Crippen molar-refractivity contribution in [2.75, 3.05) is 5.73 Å². The minimum atomic E-state index is -0.810. The average Bonchev–Trinajstić information content (AvgIpc) is 2.29. The van der Waals surface area contributed by atoms with Crippen LogP contribution in [0.15, 0.2) is 17.0 Å². The summed E-state index contributed by atoms with van der Waals surface area (Å²) < 4.78 is 32.3. The Balaban J connectivity index is 2.99. The Bertz CT molecular complexity index is 527. The van der Waals surface area contributed by atoms with Crippen LogP contribution < -0.4 is 5.73 Å². The number of nitrogens with two attached hydrogens (primary N) is 1. The van der Waals surface area contributed by atoms with Gasteiger partial charge in [-0.15, -0.1) is 11.8 Å². The molecule has 21 heavy (non-hydrogen) atoms. The third-order valence-corrected chi connectivity index (χ3v) is 4.11. The number of ether oxygens (including phenoxy) is 1. The summed E-state index contributed by atoms with van der Waals surface area (Å²) in [7, 11) is 0. The summed E-state index contributed by atoms with van der Waals surface area (Å²) in [6.07, 6.45) is 0. The van der Waals surface area contributed by atoms with E-state index >= 15 is 0 Å². The summed E-state index contributed by atoms with van der Waals surface area (Å²) in [6, 6.07) is 1.93. The molecule has 0 radical (unpaired) electrons. The fourth-order valence-electron chi connectivity index (χ4n) is 1.59. The number of nitrogen functional groups attached to an aromatic ring is 1. The van der Waals surface area contributed by atoms with Crippen molar-refractivity contribution >= 4 is 23.4 Å². The molecule has 0 spiro atoms. The number of thioether (sulfide) groups is 1. The molecule has 1 unspecified atom stereocenters. The molecule has 0 aromatic heterocycles. The van der Waals surface area contributed by atoms with Gasteiger partial charge in [0.25, 0.3) is 0 Å². The van der Waals surface area contributed by atoms with Crippen molar-refractivity contribution in [3.63, 3.8) is 0 Å². The van der Waals surface area contributed by atoms with Crippen LogP contribution >= 0.6 is 11.8 Å². The van der Waals surface area contributed by atoms with Gasteiger partial charge in [-0.25, -0.2) is 8.78 Å². The van der Waals surface area contributed by atoms with E-state index in [1.165, 1.54) is 6.07 Å². The third kappa shape index (κ3) is 5.19. The van der Waals surface area contributed by atoms with Gasteiger partial charge in [0.05, 0.1) is 5.69 Å². The van der Waals surface area contributed by atoms with Crippen LogP contribution in [0.2, 0.25) is 0 Å². The van der Waals surface area contributed by atoms with E-state index in [2.05, 4.69) is 0 Å². The standard InChI is InChI=1S/C15H21F2NO2S/c1-8(2)13(14(19)20-15(3,4)5)21-12-7-11(18)9(16)6-10(12)17/h6-8,13H,18H2,1-5H3. The molecule has 0 fully saturated rings. The van der Waals surface area contributed by atoms with Gasteiger partial charge in [0.1, 0.15) is 22.5 Å².